The molecule has 2 aromatic rings. The highest BCUT2D eigenvalue weighted by molar-refractivity contribution is 7.92. The second-order valence-corrected chi connectivity index (χ2v) is 8.02. The maximum atomic E-state index is 12.2. The Morgan fingerprint density at radius 1 is 1.04 bits per heavy atom. The molecule has 0 saturated carbocycles. The molecule has 23 heavy (non-hydrogen) atoms. The maximum absolute atomic E-state index is 12.2. The molecule has 3 rings (SSSR count). The zero-order valence-electron chi connectivity index (χ0n) is 12.4. The lowest BCUT2D eigenvalue weighted by Gasteiger charge is -2.08. The van der Waals surface area contributed by atoms with Gasteiger partial charge in [0.05, 0.1) is 4.90 Å². The van der Waals surface area contributed by atoms with Crippen LogP contribution in [0, 0.1) is 0 Å². The van der Waals surface area contributed by atoms with Gasteiger partial charge in [0.2, 0.25) is 5.91 Å². The number of fused-ring (bicyclic) bond motifs is 1. The van der Waals surface area contributed by atoms with Gasteiger partial charge in [-0.05, 0) is 66.8 Å². The van der Waals surface area contributed by atoms with Crippen LogP contribution in [0.1, 0.15) is 17.5 Å². The molecule has 0 spiro atoms. The van der Waals surface area contributed by atoms with E-state index in [1.807, 2.05) is 18.2 Å². The van der Waals surface area contributed by atoms with Crippen LogP contribution >= 0.6 is 11.6 Å². The van der Waals surface area contributed by atoms with E-state index in [0.717, 1.165) is 19.3 Å². The van der Waals surface area contributed by atoms with Crippen LogP contribution in [0.4, 0.5) is 5.69 Å². The SMILES string of the molecule is O=C(CS(=O)(=O)c1ccc(Cl)cc1)Nc1ccc2c(c1)CCC2. The minimum atomic E-state index is -3.68. The molecule has 0 unspecified atom stereocenters. The van der Waals surface area contributed by atoms with Gasteiger partial charge < -0.3 is 5.32 Å². The Morgan fingerprint density at radius 2 is 1.74 bits per heavy atom. The van der Waals surface area contributed by atoms with Crippen LogP contribution in [-0.2, 0) is 27.5 Å². The van der Waals surface area contributed by atoms with Gasteiger partial charge in [-0.25, -0.2) is 8.42 Å². The molecule has 1 N–H and O–H groups in total. The number of aryl methyl sites for hydroxylation is 2. The van der Waals surface area contributed by atoms with E-state index in [4.69, 9.17) is 11.6 Å². The molecule has 0 aliphatic heterocycles. The zero-order chi connectivity index (χ0) is 16.4. The van der Waals surface area contributed by atoms with E-state index in [1.54, 1.807) is 0 Å². The second kappa shape index (κ2) is 6.34. The van der Waals surface area contributed by atoms with Gasteiger partial charge in [0, 0.05) is 10.7 Å². The van der Waals surface area contributed by atoms with Crippen molar-refractivity contribution >= 4 is 33.0 Å². The second-order valence-electron chi connectivity index (χ2n) is 5.60. The third-order valence-corrected chi connectivity index (χ3v) is 5.76. The lowest BCUT2D eigenvalue weighted by Crippen LogP contribution is -2.23. The Kier molecular flexibility index (Phi) is 4.41. The zero-order valence-corrected chi connectivity index (χ0v) is 14.0. The quantitative estimate of drug-likeness (QED) is 0.921. The van der Waals surface area contributed by atoms with Gasteiger partial charge in [0.15, 0.2) is 9.84 Å². The summed E-state index contributed by atoms with van der Waals surface area (Å²) in [5, 5.41) is 3.12. The number of anilines is 1. The van der Waals surface area contributed by atoms with Crippen molar-refractivity contribution in [1.29, 1.82) is 0 Å². The Bertz CT molecular complexity index is 845. The average molecular weight is 350 g/mol. The van der Waals surface area contributed by atoms with E-state index in [2.05, 4.69) is 5.32 Å². The maximum Gasteiger partial charge on any atom is 0.239 e. The fraction of sp³-hybridized carbons (Fsp3) is 0.235. The molecule has 0 atom stereocenters. The Labute approximate surface area is 140 Å². The molecule has 0 bridgehead atoms. The molecular formula is C17H16ClNO3S. The smallest absolute Gasteiger partial charge is 0.239 e. The number of amides is 1. The minimum absolute atomic E-state index is 0.0889. The number of sulfone groups is 1. The van der Waals surface area contributed by atoms with Crippen LogP contribution in [0.3, 0.4) is 0 Å². The first-order chi connectivity index (χ1) is 10.9. The van der Waals surface area contributed by atoms with Gasteiger partial charge in [-0.2, -0.15) is 0 Å². The van der Waals surface area contributed by atoms with Crippen molar-refractivity contribution in [1.82, 2.24) is 0 Å². The monoisotopic (exact) mass is 349 g/mol. The average Bonchev–Trinajstić information content (AvgIpc) is 2.94. The van der Waals surface area contributed by atoms with Gasteiger partial charge in [0.1, 0.15) is 5.75 Å². The number of carbonyl (C=O) groups excluding carboxylic acids is 1. The fourth-order valence-corrected chi connectivity index (χ4v) is 4.01. The molecule has 0 heterocycles. The van der Waals surface area contributed by atoms with E-state index in [9.17, 15) is 13.2 Å². The summed E-state index contributed by atoms with van der Waals surface area (Å²) in [4.78, 5) is 12.1. The first kappa shape index (κ1) is 16.0. The number of hydrogen-bond acceptors (Lipinski definition) is 3. The fourth-order valence-electron chi connectivity index (χ4n) is 2.74. The molecule has 0 fully saturated rings. The third-order valence-electron chi connectivity index (χ3n) is 3.88. The first-order valence-electron chi connectivity index (χ1n) is 7.34. The van der Waals surface area contributed by atoms with Crippen LogP contribution < -0.4 is 5.32 Å². The summed E-state index contributed by atoms with van der Waals surface area (Å²) >= 11 is 5.75. The molecular weight excluding hydrogens is 334 g/mol. The Balaban J connectivity index is 1.70. The van der Waals surface area contributed by atoms with Crippen LogP contribution in [0.2, 0.25) is 5.02 Å². The van der Waals surface area contributed by atoms with Crippen LogP contribution in [0.5, 0.6) is 0 Å². The van der Waals surface area contributed by atoms with Crippen molar-refractivity contribution < 1.29 is 13.2 Å². The number of halogens is 1. The van der Waals surface area contributed by atoms with E-state index in [0.29, 0.717) is 10.7 Å². The molecule has 4 nitrogen and oxygen atoms in total. The number of hydrogen-bond donors (Lipinski definition) is 1. The normalized spacial score (nSPS) is 13.6. The highest BCUT2D eigenvalue weighted by atomic mass is 35.5. The highest BCUT2D eigenvalue weighted by Gasteiger charge is 2.20. The molecule has 1 amide bonds. The summed E-state index contributed by atoms with van der Waals surface area (Å²) in [6.07, 6.45) is 3.19. The number of carbonyl (C=O) groups is 1. The summed E-state index contributed by atoms with van der Waals surface area (Å²) in [7, 11) is -3.68. The summed E-state index contributed by atoms with van der Waals surface area (Å²) in [6, 6.07) is 11.5. The Hall–Kier alpha value is -1.85. The van der Waals surface area contributed by atoms with Crippen molar-refractivity contribution in [3.8, 4) is 0 Å². The lowest BCUT2D eigenvalue weighted by atomic mass is 10.1. The largest absolute Gasteiger partial charge is 0.325 e. The minimum Gasteiger partial charge on any atom is -0.325 e. The summed E-state index contributed by atoms with van der Waals surface area (Å²) in [6.45, 7) is 0. The van der Waals surface area contributed by atoms with Gasteiger partial charge in [-0.1, -0.05) is 17.7 Å². The van der Waals surface area contributed by atoms with Crippen molar-refractivity contribution in [2.75, 3.05) is 11.1 Å². The van der Waals surface area contributed by atoms with Gasteiger partial charge >= 0.3 is 0 Å². The molecule has 2 aromatic carbocycles. The molecule has 6 heteroatoms. The predicted molar refractivity (Wildman–Crippen MR) is 90.6 cm³/mol. The molecule has 1 aliphatic rings. The van der Waals surface area contributed by atoms with Crippen LogP contribution in [0.15, 0.2) is 47.4 Å². The molecule has 0 saturated heterocycles. The van der Waals surface area contributed by atoms with Crippen molar-refractivity contribution in [2.24, 2.45) is 0 Å². The molecule has 0 radical (unpaired) electrons. The van der Waals surface area contributed by atoms with Crippen LogP contribution in [0.25, 0.3) is 0 Å². The Morgan fingerprint density at radius 3 is 2.48 bits per heavy atom. The third kappa shape index (κ3) is 3.74. The van der Waals surface area contributed by atoms with Crippen molar-refractivity contribution in [3.05, 3.63) is 58.6 Å². The van der Waals surface area contributed by atoms with Gasteiger partial charge in [-0.3, -0.25) is 4.79 Å². The van der Waals surface area contributed by atoms with E-state index >= 15 is 0 Å². The van der Waals surface area contributed by atoms with Crippen LogP contribution in [-0.4, -0.2) is 20.1 Å². The number of nitrogens with one attached hydrogen (secondary N) is 1. The first-order valence-corrected chi connectivity index (χ1v) is 9.37. The highest BCUT2D eigenvalue weighted by Crippen LogP contribution is 2.25. The molecule has 120 valence electrons. The summed E-state index contributed by atoms with van der Waals surface area (Å²) < 4.78 is 24.5. The van der Waals surface area contributed by atoms with Gasteiger partial charge in [0.25, 0.3) is 0 Å². The summed E-state index contributed by atoms with van der Waals surface area (Å²) in [5.74, 6) is -1.14. The van der Waals surface area contributed by atoms with E-state index in [1.165, 1.54) is 35.4 Å². The molecule has 1 aliphatic carbocycles. The molecule has 0 aromatic heterocycles. The van der Waals surface area contributed by atoms with Crippen molar-refractivity contribution in [2.45, 2.75) is 24.2 Å². The topological polar surface area (TPSA) is 63.2 Å². The standard InChI is InChI=1S/C17H16ClNO3S/c18-14-5-8-16(9-6-14)23(21,22)11-17(20)19-15-7-4-12-2-1-3-13(12)10-15/h4-10H,1-3,11H2,(H,19,20). The number of benzene rings is 2. The van der Waals surface area contributed by atoms with Gasteiger partial charge in [-0.15, -0.1) is 0 Å². The van der Waals surface area contributed by atoms with E-state index < -0.39 is 21.5 Å². The predicted octanol–water partition coefficient (Wildman–Crippen LogP) is 3.24. The van der Waals surface area contributed by atoms with E-state index in [-0.39, 0.29) is 4.90 Å². The lowest BCUT2D eigenvalue weighted by molar-refractivity contribution is -0.113. The number of rotatable bonds is 4. The van der Waals surface area contributed by atoms with Crippen molar-refractivity contribution in [3.63, 3.8) is 0 Å². The summed E-state index contributed by atoms with van der Waals surface area (Å²) in [5.41, 5.74) is 3.17.